The standard InChI is InChI=1S/C52H31N3/c53-32-33-14-24-49-45(26-33)46-31-37(23-25-50(46)55(49)44-10-5-2-6-11-44)34-15-17-35(18-16-34)42-27-38-19-21-40-29-43(30-41-22-20-39(28-42)51(38)52(40)41)48-13-7-12-47(54-48)36-8-3-1-4-9-36/h1-31H. The number of pyridine rings is 1. The maximum Gasteiger partial charge on any atom is 0.0991 e. The fourth-order valence-corrected chi connectivity index (χ4v) is 8.50. The number of nitriles is 1. The van der Waals surface area contributed by atoms with E-state index in [4.69, 9.17) is 4.98 Å². The van der Waals surface area contributed by atoms with Crippen LogP contribution in [0.15, 0.2) is 188 Å². The van der Waals surface area contributed by atoms with Crippen LogP contribution in [0.1, 0.15) is 5.56 Å². The quantitative estimate of drug-likeness (QED) is 0.168. The molecule has 0 fully saturated rings. The molecule has 0 saturated carbocycles. The van der Waals surface area contributed by atoms with E-state index in [-0.39, 0.29) is 0 Å². The highest BCUT2D eigenvalue weighted by Gasteiger charge is 2.16. The summed E-state index contributed by atoms with van der Waals surface area (Å²) >= 11 is 0. The van der Waals surface area contributed by atoms with Crippen LogP contribution in [-0.4, -0.2) is 9.55 Å². The Bertz CT molecular complexity index is 3230. The first-order valence-electron chi connectivity index (χ1n) is 18.6. The van der Waals surface area contributed by atoms with Gasteiger partial charge in [-0.3, -0.25) is 0 Å². The zero-order chi connectivity index (χ0) is 36.5. The molecule has 3 nitrogen and oxygen atoms in total. The van der Waals surface area contributed by atoms with Crippen molar-refractivity contribution in [2.24, 2.45) is 0 Å². The minimum Gasteiger partial charge on any atom is -0.309 e. The van der Waals surface area contributed by atoms with Crippen molar-refractivity contribution in [1.82, 2.24) is 9.55 Å². The summed E-state index contributed by atoms with van der Waals surface area (Å²) in [4.78, 5) is 5.05. The van der Waals surface area contributed by atoms with E-state index in [1.54, 1.807) is 0 Å². The van der Waals surface area contributed by atoms with Gasteiger partial charge in [0.2, 0.25) is 0 Å². The van der Waals surface area contributed by atoms with Gasteiger partial charge in [-0.2, -0.15) is 5.26 Å². The SMILES string of the molecule is N#Cc1ccc2c(c1)c1cc(-c3ccc(-c4cc5ccc6cc(-c7cccc(-c8ccccc8)n7)cc7ccc(c4)c5c67)cc3)ccc1n2-c1ccccc1. The summed E-state index contributed by atoms with van der Waals surface area (Å²) in [5.41, 5.74) is 12.8. The molecule has 0 unspecified atom stereocenters. The number of nitrogens with zero attached hydrogens (tertiary/aromatic N) is 3. The Morgan fingerprint density at radius 1 is 0.382 bits per heavy atom. The predicted octanol–water partition coefficient (Wildman–Crippen LogP) is 13.6. The molecular formula is C52H31N3. The van der Waals surface area contributed by atoms with Gasteiger partial charge in [-0.1, -0.05) is 109 Å². The van der Waals surface area contributed by atoms with E-state index in [9.17, 15) is 5.26 Å². The Labute approximate surface area is 318 Å². The Kier molecular flexibility index (Phi) is 6.92. The third kappa shape index (κ3) is 5.08. The van der Waals surface area contributed by atoms with Crippen molar-refractivity contribution < 1.29 is 0 Å². The van der Waals surface area contributed by atoms with E-state index in [1.165, 1.54) is 43.4 Å². The van der Waals surface area contributed by atoms with Crippen LogP contribution in [-0.2, 0) is 0 Å². The van der Waals surface area contributed by atoms with Gasteiger partial charge in [-0.05, 0) is 133 Å². The summed E-state index contributed by atoms with van der Waals surface area (Å²) in [5, 5.41) is 19.4. The van der Waals surface area contributed by atoms with Gasteiger partial charge >= 0.3 is 0 Å². The van der Waals surface area contributed by atoms with Gasteiger partial charge in [0, 0.05) is 27.6 Å². The summed E-state index contributed by atoms with van der Waals surface area (Å²) in [6.07, 6.45) is 0. The van der Waals surface area contributed by atoms with Crippen molar-refractivity contribution in [1.29, 1.82) is 5.26 Å². The molecule has 9 aromatic carbocycles. The minimum atomic E-state index is 0.662. The first-order chi connectivity index (χ1) is 27.2. The largest absolute Gasteiger partial charge is 0.309 e. The first kappa shape index (κ1) is 31.0. The molecular weight excluding hydrogens is 667 g/mol. The first-order valence-corrected chi connectivity index (χ1v) is 18.6. The van der Waals surface area contributed by atoms with Crippen molar-refractivity contribution in [3.8, 4) is 56.5 Å². The fourth-order valence-electron chi connectivity index (χ4n) is 8.50. The monoisotopic (exact) mass is 697 g/mol. The van der Waals surface area contributed by atoms with Gasteiger partial charge in [0.25, 0.3) is 0 Å². The molecule has 254 valence electrons. The number of rotatable bonds is 5. The molecule has 55 heavy (non-hydrogen) atoms. The van der Waals surface area contributed by atoms with E-state index >= 15 is 0 Å². The topological polar surface area (TPSA) is 41.6 Å². The lowest BCUT2D eigenvalue weighted by Crippen LogP contribution is -1.93. The molecule has 0 N–H and O–H groups in total. The fraction of sp³-hybridized carbons (Fsp3) is 0. The van der Waals surface area contributed by atoms with Crippen molar-refractivity contribution in [3.63, 3.8) is 0 Å². The third-order valence-electron chi connectivity index (χ3n) is 11.1. The van der Waals surface area contributed by atoms with Crippen LogP contribution < -0.4 is 0 Å². The van der Waals surface area contributed by atoms with Gasteiger partial charge < -0.3 is 4.57 Å². The summed E-state index contributed by atoms with van der Waals surface area (Å²) in [6, 6.07) is 69.2. The number of hydrogen-bond acceptors (Lipinski definition) is 2. The molecule has 2 heterocycles. The number of benzene rings is 9. The molecule has 3 heteroatoms. The predicted molar refractivity (Wildman–Crippen MR) is 229 cm³/mol. The maximum absolute atomic E-state index is 9.71. The van der Waals surface area contributed by atoms with E-state index < -0.39 is 0 Å². The molecule has 0 bridgehead atoms. The van der Waals surface area contributed by atoms with Crippen LogP contribution in [0, 0.1) is 11.3 Å². The van der Waals surface area contributed by atoms with E-state index in [2.05, 4.69) is 174 Å². The zero-order valence-electron chi connectivity index (χ0n) is 29.7. The van der Waals surface area contributed by atoms with Gasteiger partial charge in [0.05, 0.1) is 34.1 Å². The average Bonchev–Trinajstić information content (AvgIpc) is 3.59. The molecule has 2 aromatic heterocycles. The average molecular weight is 698 g/mol. The van der Waals surface area contributed by atoms with Crippen LogP contribution >= 0.6 is 0 Å². The van der Waals surface area contributed by atoms with Crippen LogP contribution in [0.4, 0.5) is 0 Å². The third-order valence-corrected chi connectivity index (χ3v) is 11.1. The van der Waals surface area contributed by atoms with Crippen molar-refractivity contribution in [2.75, 3.05) is 0 Å². The molecule has 0 aliphatic carbocycles. The Balaban J connectivity index is 0.956. The van der Waals surface area contributed by atoms with Crippen LogP contribution in [0.3, 0.4) is 0 Å². The Hall–Kier alpha value is -7.54. The molecule has 0 aliphatic heterocycles. The van der Waals surface area contributed by atoms with Crippen molar-refractivity contribution in [3.05, 3.63) is 194 Å². The molecule has 0 radical (unpaired) electrons. The van der Waals surface area contributed by atoms with Gasteiger partial charge in [0.1, 0.15) is 0 Å². The van der Waals surface area contributed by atoms with Crippen LogP contribution in [0.2, 0.25) is 0 Å². The van der Waals surface area contributed by atoms with Gasteiger partial charge in [-0.25, -0.2) is 4.98 Å². The van der Waals surface area contributed by atoms with E-state index in [0.29, 0.717) is 5.56 Å². The Morgan fingerprint density at radius 3 is 1.51 bits per heavy atom. The summed E-state index contributed by atoms with van der Waals surface area (Å²) < 4.78 is 2.28. The summed E-state index contributed by atoms with van der Waals surface area (Å²) in [5.74, 6) is 0. The highest BCUT2D eigenvalue weighted by Crippen LogP contribution is 2.40. The number of fused-ring (bicyclic) bond motifs is 3. The van der Waals surface area contributed by atoms with Gasteiger partial charge in [0.15, 0.2) is 0 Å². The van der Waals surface area contributed by atoms with Crippen molar-refractivity contribution >= 4 is 54.1 Å². The molecule has 0 atom stereocenters. The summed E-state index contributed by atoms with van der Waals surface area (Å²) in [6.45, 7) is 0. The lowest BCUT2D eigenvalue weighted by molar-refractivity contribution is 1.18. The number of hydrogen-bond donors (Lipinski definition) is 0. The van der Waals surface area contributed by atoms with Crippen LogP contribution in [0.25, 0.3) is 105 Å². The number of aromatic nitrogens is 2. The van der Waals surface area contributed by atoms with E-state index in [0.717, 1.165) is 61.1 Å². The second-order valence-corrected chi connectivity index (χ2v) is 14.3. The highest BCUT2D eigenvalue weighted by atomic mass is 15.0. The molecule has 11 aromatic rings. The normalized spacial score (nSPS) is 11.6. The van der Waals surface area contributed by atoms with Crippen LogP contribution in [0.5, 0.6) is 0 Å². The highest BCUT2D eigenvalue weighted by molar-refractivity contribution is 6.24. The second kappa shape index (κ2) is 12.3. The van der Waals surface area contributed by atoms with E-state index in [1.807, 2.05) is 24.3 Å². The molecule has 0 spiro atoms. The minimum absolute atomic E-state index is 0.662. The summed E-state index contributed by atoms with van der Waals surface area (Å²) in [7, 11) is 0. The lowest BCUT2D eigenvalue weighted by atomic mass is 9.89. The smallest absolute Gasteiger partial charge is 0.0991 e. The Morgan fingerprint density at radius 2 is 0.891 bits per heavy atom. The molecule has 0 aliphatic rings. The second-order valence-electron chi connectivity index (χ2n) is 14.3. The maximum atomic E-state index is 9.71. The van der Waals surface area contributed by atoms with Gasteiger partial charge in [-0.15, -0.1) is 0 Å². The zero-order valence-corrected chi connectivity index (χ0v) is 29.7. The molecule has 11 rings (SSSR count). The van der Waals surface area contributed by atoms with Crippen molar-refractivity contribution in [2.45, 2.75) is 0 Å². The number of para-hydroxylation sites is 1. The molecule has 0 saturated heterocycles. The lowest BCUT2D eigenvalue weighted by Gasteiger charge is -2.15. The molecule has 0 amide bonds.